The van der Waals surface area contributed by atoms with Gasteiger partial charge in [0, 0.05) is 28.8 Å². The average Bonchev–Trinajstić information content (AvgIpc) is 2.86. The third-order valence-corrected chi connectivity index (χ3v) is 3.02. The molecule has 0 aliphatic heterocycles. The molecule has 2 rings (SSSR count). The van der Waals surface area contributed by atoms with E-state index >= 15 is 0 Å². The van der Waals surface area contributed by atoms with Crippen LogP contribution in [0.2, 0.25) is 0 Å². The summed E-state index contributed by atoms with van der Waals surface area (Å²) in [7, 11) is 0. The zero-order valence-corrected chi connectivity index (χ0v) is 10.8. The lowest BCUT2D eigenvalue weighted by molar-refractivity contribution is 1.01. The van der Waals surface area contributed by atoms with E-state index in [9.17, 15) is 4.79 Å². The number of thiazole rings is 1. The van der Waals surface area contributed by atoms with Crippen molar-refractivity contribution >= 4 is 11.3 Å². The lowest BCUT2D eigenvalue weighted by Crippen LogP contribution is -1.92. The highest BCUT2D eigenvalue weighted by molar-refractivity contribution is 7.07. The van der Waals surface area contributed by atoms with Crippen molar-refractivity contribution in [3.05, 3.63) is 55.3 Å². The maximum atomic E-state index is 11.1. The van der Waals surface area contributed by atoms with E-state index in [1.807, 2.05) is 24.3 Å². The second-order valence-corrected chi connectivity index (χ2v) is 4.49. The molecule has 1 aromatic carbocycles. The minimum Gasteiger partial charge on any atom is -0.312 e. The Morgan fingerprint density at radius 3 is 2.79 bits per heavy atom. The number of nitrogens with one attached hydrogen (secondary N) is 1. The predicted octanol–water partition coefficient (Wildman–Crippen LogP) is 3.16. The Hall–Kier alpha value is -2.48. The number of hydrogen-bond donors (Lipinski definition) is 1. The molecule has 0 fully saturated rings. The Morgan fingerprint density at radius 2 is 2.16 bits per heavy atom. The van der Waals surface area contributed by atoms with E-state index < -0.39 is 0 Å². The van der Waals surface area contributed by atoms with Crippen molar-refractivity contribution in [1.82, 2.24) is 4.98 Å². The lowest BCUT2D eigenvalue weighted by atomic mass is 10.1. The molecule has 0 radical (unpaired) electrons. The molecule has 0 atom stereocenters. The van der Waals surface area contributed by atoms with E-state index in [2.05, 4.69) is 26.9 Å². The van der Waals surface area contributed by atoms with Crippen LogP contribution in [0.15, 0.2) is 39.6 Å². The van der Waals surface area contributed by atoms with E-state index in [0.29, 0.717) is 13.0 Å². The molecule has 0 unspecified atom stereocenters. The monoisotopic (exact) mass is 270 g/mol. The molecule has 1 N–H and O–H groups in total. The Labute approximate surface area is 113 Å². The van der Waals surface area contributed by atoms with Gasteiger partial charge in [0.2, 0.25) is 0 Å². The standard InChI is InChI=1S/C13H10N4OS/c14-17-15-8-2-1-3-10-4-6-11(7-5-10)12-9-19-13(18)16-12/h4-7,9H,2,8H2,(H,16,18). The topological polar surface area (TPSA) is 81.6 Å². The number of aromatic amines is 1. The van der Waals surface area contributed by atoms with Crippen LogP contribution in [-0.2, 0) is 0 Å². The fraction of sp³-hybridized carbons (Fsp3) is 0.154. The number of nitrogens with zero attached hydrogens (tertiary/aromatic N) is 3. The van der Waals surface area contributed by atoms with Gasteiger partial charge >= 0.3 is 4.87 Å². The second kappa shape index (κ2) is 6.45. The first kappa shape index (κ1) is 13.0. The minimum atomic E-state index is -0.0584. The van der Waals surface area contributed by atoms with E-state index in [-0.39, 0.29) is 4.87 Å². The van der Waals surface area contributed by atoms with Gasteiger partial charge in [-0.3, -0.25) is 4.79 Å². The Balaban J connectivity index is 2.06. The predicted molar refractivity (Wildman–Crippen MR) is 75.9 cm³/mol. The van der Waals surface area contributed by atoms with Gasteiger partial charge < -0.3 is 4.98 Å². The number of azide groups is 1. The molecule has 2 aromatic rings. The summed E-state index contributed by atoms with van der Waals surface area (Å²) in [6.07, 6.45) is 0.545. The van der Waals surface area contributed by atoms with Crippen LogP contribution in [0.5, 0.6) is 0 Å². The second-order valence-electron chi connectivity index (χ2n) is 3.65. The fourth-order valence-electron chi connectivity index (χ4n) is 1.47. The zero-order chi connectivity index (χ0) is 13.5. The van der Waals surface area contributed by atoms with Crippen LogP contribution in [0, 0.1) is 11.8 Å². The average molecular weight is 270 g/mol. The van der Waals surface area contributed by atoms with E-state index in [0.717, 1.165) is 28.2 Å². The quantitative estimate of drug-likeness (QED) is 0.300. The van der Waals surface area contributed by atoms with Gasteiger partial charge in [0.05, 0.1) is 5.69 Å². The highest BCUT2D eigenvalue weighted by Crippen LogP contribution is 2.17. The van der Waals surface area contributed by atoms with Crippen molar-refractivity contribution in [1.29, 1.82) is 0 Å². The first-order valence-corrected chi connectivity index (χ1v) is 6.45. The molecule has 1 heterocycles. The SMILES string of the molecule is [N-]=[N+]=NCCC#Cc1ccc(-c2csc(=O)[nH]2)cc1. The number of H-pyrrole nitrogens is 1. The number of hydrogen-bond acceptors (Lipinski definition) is 3. The van der Waals surface area contributed by atoms with Crippen LogP contribution < -0.4 is 4.87 Å². The molecule has 5 nitrogen and oxygen atoms in total. The lowest BCUT2D eigenvalue weighted by Gasteiger charge is -1.96. The highest BCUT2D eigenvalue weighted by Gasteiger charge is 1.99. The number of aromatic nitrogens is 1. The van der Waals surface area contributed by atoms with E-state index in [1.165, 1.54) is 0 Å². The summed E-state index contributed by atoms with van der Waals surface area (Å²) >= 11 is 1.15. The molecule has 19 heavy (non-hydrogen) atoms. The first-order valence-electron chi connectivity index (χ1n) is 5.57. The molecular formula is C13H10N4OS. The summed E-state index contributed by atoms with van der Waals surface area (Å²) in [6.45, 7) is 0.387. The third-order valence-electron chi connectivity index (χ3n) is 2.35. The molecule has 0 saturated heterocycles. The molecule has 0 amide bonds. The van der Waals surface area contributed by atoms with E-state index in [1.54, 1.807) is 5.38 Å². The number of rotatable bonds is 3. The van der Waals surface area contributed by atoms with Gasteiger partial charge in [0.15, 0.2) is 0 Å². The first-order chi connectivity index (χ1) is 9.29. The van der Waals surface area contributed by atoms with Gasteiger partial charge in [-0.25, -0.2) is 0 Å². The van der Waals surface area contributed by atoms with Gasteiger partial charge in [-0.2, -0.15) is 0 Å². The van der Waals surface area contributed by atoms with Crippen LogP contribution in [0.1, 0.15) is 12.0 Å². The van der Waals surface area contributed by atoms with Gasteiger partial charge in [-0.1, -0.05) is 40.4 Å². The minimum absolute atomic E-state index is 0.0584. The highest BCUT2D eigenvalue weighted by atomic mass is 32.1. The van der Waals surface area contributed by atoms with Crippen LogP contribution in [0.3, 0.4) is 0 Å². The fourth-order valence-corrected chi connectivity index (χ4v) is 2.06. The third kappa shape index (κ3) is 3.75. The van der Waals surface area contributed by atoms with Crippen LogP contribution in [-0.4, -0.2) is 11.5 Å². The van der Waals surface area contributed by atoms with Crippen molar-refractivity contribution in [2.75, 3.05) is 6.54 Å². The van der Waals surface area contributed by atoms with Gasteiger partial charge in [-0.05, 0) is 23.2 Å². The Bertz CT molecular complexity index is 711. The summed E-state index contributed by atoms with van der Waals surface area (Å²) < 4.78 is 0. The van der Waals surface area contributed by atoms with Crippen molar-refractivity contribution in [2.45, 2.75) is 6.42 Å². The van der Waals surface area contributed by atoms with Crippen LogP contribution in [0.25, 0.3) is 21.7 Å². The zero-order valence-electron chi connectivity index (χ0n) is 9.96. The molecule has 0 aliphatic carbocycles. The Morgan fingerprint density at radius 1 is 1.37 bits per heavy atom. The van der Waals surface area contributed by atoms with Gasteiger partial charge in [-0.15, -0.1) is 0 Å². The summed E-state index contributed by atoms with van der Waals surface area (Å²) in [5.74, 6) is 5.91. The van der Waals surface area contributed by atoms with Crippen LogP contribution in [0.4, 0.5) is 0 Å². The van der Waals surface area contributed by atoms with Gasteiger partial charge in [0.1, 0.15) is 0 Å². The van der Waals surface area contributed by atoms with Crippen molar-refractivity contribution in [3.63, 3.8) is 0 Å². The maximum absolute atomic E-state index is 11.1. The largest absolute Gasteiger partial charge is 0.312 e. The van der Waals surface area contributed by atoms with Crippen molar-refractivity contribution < 1.29 is 0 Å². The summed E-state index contributed by atoms with van der Waals surface area (Å²) in [6, 6.07) is 7.61. The molecular weight excluding hydrogens is 260 g/mol. The molecule has 0 spiro atoms. The molecule has 94 valence electrons. The molecule has 1 aromatic heterocycles. The van der Waals surface area contributed by atoms with E-state index in [4.69, 9.17) is 5.53 Å². The van der Waals surface area contributed by atoms with Crippen LogP contribution >= 0.6 is 11.3 Å². The summed E-state index contributed by atoms with van der Waals surface area (Å²) in [5.41, 5.74) is 10.8. The smallest absolute Gasteiger partial charge is 0.304 e. The normalized spacial score (nSPS) is 9.26. The van der Waals surface area contributed by atoms with Gasteiger partial charge in [0.25, 0.3) is 0 Å². The molecule has 0 aliphatic rings. The summed E-state index contributed by atoms with van der Waals surface area (Å²) in [5, 5.41) is 5.20. The maximum Gasteiger partial charge on any atom is 0.304 e. The number of benzene rings is 1. The summed E-state index contributed by atoms with van der Waals surface area (Å²) in [4.78, 5) is 16.4. The molecule has 0 bridgehead atoms. The molecule has 0 saturated carbocycles. The van der Waals surface area contributed by atoms with Crippen molar-refractivity contribution in [3.8, 4) is 23.1 Å². The Kier molecular flexibility index (Phi) is 4.40. The van der Waals surface area contributed by atoms with Crippen molar-refractivity contribution in [2.24, 2.45) is 5.11 Å². The molecule has 6 heteroatoms.